The van der Waals surface area contributed by atoms with Crippen LogP contribution >= 0.6 is 0 Å². The Hall–Kier alpha value is -4.14. The van der Waals surface area contributed by atoms with Gasteiger partial charge in [0.25, 0.3) is 0 Å². The fraction of sp³-hybridized carbons (Fsp3) is 0.231. The molecule has 1 heterocycles. The van der Waals surface area contributed by atoms with Crippen LogP contribution in [0.4, 0.5) is 14.5 Å². The summed E-state index contributed by atoms with van der Waals surface area (Å²) in [7, 11) is 1.40. The number of methoxy groups -OCH3 is 1. The highest BCUT2D eigenvalue weighted by atomic mass is 19.3. The Bertz CT molecular complexity index is 1370. The van der Waals surface area contributed by atoms with E-state index in [0.29, 0.717) is 24.1 Å². The van der Waals surface area contributed by atoms with Crippen LogP contribution in [-0.2, 0) is 10.2 Å². The number of ether oxygens (including phenoxy) is 3. The molecule has 35 heavy (non-hydrogen) atoms. The molecule has 0 saturated heterocycles. The number of carboxylic acids is 1. The lowest BCUT2D eigenvalue weighted by Gasteiger charge is -2.17. The minimum atomic E-state index is -3.72. The number of rotatable bonds is 6. The molecular weight excluding hydrogens is 460 g/mol. The molecule has 1 aliphatic carbocycles. The Labute approximate surface area is 199 Å². The van der Waals surface area contributed by atoms with Gasteiger partial charge < -0.3 is 24.6 Å². The minimum Gasteiger partial charge on any atom is -0.496 e. The molecule has 7 nitrogen and oxygen atoms in total. The summed E-state index contributed by atoms with van der Waals surface area (Å²) < 4.78 is 41.0. The quantitative estimate of drug-likeness (QED) is 0.492. The number of carboxylic acid groups (broad SMARTS) is 1. The van der Waals surface area contributed by atoms with E-state index in [0.717, 1.165) is 16.7 Å². The third-order valence-electron chi connectivity index (χ3n) is 6.38. The molecule has 2 N–H and O–H groups in total. The molecule has 1 fully saturated rings. The average Bonchev–Trinajstić information content (AvgIpc) is 3.56. The molecule has 1 saturated carbocycles. The first-order valence-corrected chi connectivity index (χ1v) is 10.9. The number of carbonyl (C=O) groups is 2. The maximum Gasteiger partial charge on any atom is 0.586 e. The van der Waals surface area contributed by atoms with E-state index in [2.05, 4.69) is 14.8 Å². The number of hydrogen-bond acceptors (Lipinski definition) is 5. The normalized spacial score (nSPS) is 16.5. The predicted molar refractivity (Wildman–Crippen MR) is 122 cm³/mol. The number of halogens is 2. The van der Waals surface area contributed by atoms with E-state index in [1.54, 1.807) is 30.3 Å². The number of alkyl halides is 2. The lowest BCUT2D eigenvalue weighted by atomic mass is 9.94. The van der Waals surface area contributed by atoms with Crippen molar-refractivity contribution in [1.82, 2.24) is 0 Å². The average molecular weight is 481 g/mol. The van der Waals surface area contributed by atoms with Crippen molar-refractivity contribution in [3.63, 3.8) is 0 Å². The maximum absolute atomic E-state index is 13.4. The van der Waals surface area contributed by atoms with Crippen molar-refractivity contribution in [2.75, 3.05) is 12.4 Å². The molecule has 0 spiro atoms. The van der Waals surface area contributed by atoms with Gasteiger partial charge >= 0.3 is 12.3 Å². The standard InChI is InChI=1S/C26H21F2NO6/c1-14-3-6-17(13-19(14)15-4-7-18(23(30)31)21(11-15)33-2)29-24(32)25(9-10-25)16-5-8-20-22(12-16)35-26(27,28)34-20/h3-8,11-13H,9-10H2,1-2H3,(H,29,32)(H,30,31). The first-order valence-electron chi connectivity index (χ1n) is 10.9. The largest absolute Gasteiger partial charge is 0.586 e. The van der Waals surface area contributed by atoms with Crippen LogP contribution in [0.25, 0.3) is 11.1 Å². The molecule has 3 aromatic rings. The van der Waals surface area contributed by atoms with Crippen LogP contribution < -0.4 is 19.5 Å². The number of aryl methyl sites for hydroxylation is 1. The molecule has 0 bridgehead atoms. The van der Waals surface area contributed by atoms with E-state index in [-0.39, 0.29) is 28.7 Å². The van der Waals surface area contributed by atoms with Gasteiger partial charge in [0.1, 0.15) is 11.3 Å². The van der Waals surface area contributed by atoms with Crippen LogP contribution in [0.15, 0.2) is 54.6 Å². The number of fused-ring (bicyclic) bond motifs is 1. The SMILES string of the molecule is COc1cc(-c2cc(NC(=O)C3(c4ccc5c(c4)OC(F)(F)O5)CC3)ccc2C)ccc1C(=O)O. The maximum atomic E-state index is 13.4. The third-order valence-corrected chi connectivity index (χ3v) is 6.38. The molecule has 9 heteroatoms. The van der Waals surface area contributed by atoms with Gasteiger partial charge in [0.05, 0.1) is 12.5 Å². The Morgan fingerprint density at radius 2 is 1.74 bits per heavy atom. The van der Waals surface area contributed by atoms with Crippen molar-refractivity contribution in [2.24, 2.45) is 0 Å². The number of carbonyl (C=O) groups excluding carboxylic acids is 1. The topological polar surface area (TPSA) is 94.1 Å². The van der Waals surface area contributed by atoms with Gasteiger partial charge in [0.15, 0.2) is 11.5 Å². The fourth-order valence-electron chi connectivity index (χ4n) is 4.32. The van der Waals surface area contributed by atoms with Crippen molar-refractivity contribution in [1.29, 1.82) is 0 Å². The van der Waals surface area contributed by atoms with Gasteiger partial charge in [-0.25, -0.2) is 4.79 Å². The zero-order chi connectivity index (χ0) is 25.0. The van der Waals surface area contributed by atoms with Crippen molar-refractivity contribution in [3.05, 3.63) is 71.3 Å². The third kappa shape index (κ3) is 4.03. The summed E-state index contributed by atoms with van der Waals surface area (Å²) in [6.07, 6.45) is -2.58. The second-order valence-electron chi connectivity index (χ2n) is 8.62. The summed E-state index contributed by atoms with van der Waals surface area (Å²) in [6, 6.07) is 14.7. The summed E-state index contributed by atoms with van der Waals surface area (Å²) >= 11 is 0. The van der Waals surface area contributed by atoms with Gasteiger partial charge in [-0.3, -0.25) is 4.79 Å². The molecule has 1 aliphatic heterocycles. The van der Waals surface area contributed by atoms with Gasteiger partial charge in [-0.05, 0) is 78.4 Å². The Morgan fingerprint density at radius 3 is 2.43 bits per heavy atom. The lowest BCUT2D eigenvalue weighted by Crippen LogP contribution is -2.28. The number of nitrogens with one attached hydrogen (secondary N) is 1. The van der Waals surface area contributed by atoms with Gasteiger partial charge in [-0.1, -0.05) is 18.2 Å². The second-order valence-corrected chi connectivity index (χ2v) is 8.62. The van der Waals surface area contributed by atoms with Gasteiger partial charge in [-0.15, -0.1) is 8.78 Å². The Kier molecular flexibility index (Phi) is 5.16. The van der Waals surface area contributed by atoms with Gasteiger partial charge in [-0.2, -0.15) is 0 Å². The molecule has 0 radical (unpaired) electrons. The summed E-state index contributed by atoms with van der Waals surface area (Å²) in [5, 5.41) is 12.3. The lowest BCUT2D eigenvalue weighted by molar-refractivity contribution is -0.286. The minimum absolute atomic E-state index is 0.0514. The summed E-state index contributed by atoms with van der Waals surface area (Å²) in [5.74, 6) is -1.27. The van der Waals surface area contributed by atoms with Crippen LogP contribution in [0.3, 0.4) is 0 Å². The first-order chi connectivity index (χ1) is 16.6. The molecule has 180 valence electrons. The fourth-order valence-corrected chi connectivity index (χ4v) is 4.32. The molecule has 0 atom stereocenters. The number of hydrogen-bond donors (Lipinski definition) is 2. The number of anilines is 1. The van der Waals surface area contributed by atoms with E-state index in [9.17, 15) is 23.5 Å². The highest BCUT2D eigenvalue weighted by Gasteiger charge is 2.52. The monoisotopic (exact) mass is 481 g/mol. The summed E-state index contributed by atoms with van der Waals surface area (Å²) in [4.78, 5) is 24.7. The van der Waals surface area contributed by atoms with E-state index in [1.807, 2.05) is 13.0 Å². The summed E-state index contributed by atoms with van der Waals surface area (Å²) in [5.41, 5.74) is 2.80. The molecule has 0 unspecified atom stereocenters. The molecular formula is C26H21F2NO6. The van der Waals surface area contributed by atoms with E-state index < -0.39 is 17.7 Å². The van der Waals surface area contributed by atoms with E-state index in [4.69, 9.17) is 4.74 Å². The summed E-state index contributed by atoms with van der Waals surface area (Å²) in [6.45, 7) is 1.91. The highest BCUT2D eigenvalue weighted by molar-refractivity contribution is 6.02. The predicted octanol–water partition coefficient (Wildman–Crippen LogP) is 5.36. The highest BCUT2D eigenvalue weighted by Crippen LogP contribution is 2.52. The number of benzene rings is 3. The van der Waals surface area contributed by atoms with Crippen molar-refractivity contribution in [2.45, 2.75) is 31.5 Å². The zero-order valence-electron chi connectivity index (χ0n) is 18.9. The molecule has 1 amide bonds. The first kappa shape index (κ1) is 22.6. The van der Waals surface area contributed by atoms with Crippen molar-refractivity contribution in [3.8, 4) is 28.4 Å². The number of amides is 1. The van der Waals surface area contributed by atoms with Crippen molar-refractivity contribution >= 4 is 17.6 Å². The van der Waals surface area contributed by atoms with Gasteiger partial charge in [0.2, 0.25) is 5.91 Å². The molecule has 2 aliphatic rings. The van der Waals surface area contributed by atoms with Crippen LogP contribution in [0.5, 0.6) is 17.2 Å². The smallest absolute Gasteiger partial charge is 0.496 e. The molecule has 5 rings (SSSR count). The zero-order valence-corrected chi connectivity index (χ0v) is 18.9. The Balaban J connectivity index is 1.41. The van der Waals surface area contributed by atoms with Gasteiger partial charge in [0, 0.05) is 5.69 Å². The second kappa shape index (κ2) is 7.97. The Morgan fingerprint density at radius 1 is 1.00 bits per heavy atom. The molecule has 3 aromatic carbocycles. The van der Waals surface area contributed by atoms with Crippen LogP contribution in [0, 0.1) is 6.92 Å². The van der Waals surface area contributed by atoms with E-state index >= 15 is 0 Å². The van der Waals surface area contributed by atoms with Crippen LogP contribution in [0.2, 0.25) is 0 Å². The van der Waals surface area contributed by atoms with E-state index in [1.165, 1.54) is 25.3 Å². The van der Waals surface area contributed by atoms with Crippen LogP contribution in [0.1, 0.15) is 34.3 Å². The van der Waals surface area contributed by atoms with Crippen molar-refractivity contribution < 1.29 is 37.7 Å². The van der Waals surface area contributed by atoms with Crippen LogP contribution in [-0.4, -0.2) is 30.4 Å². The molecule has 0 aromatic heterocycles. The number of aromatic carboxylic acids is 1.